The molecule has 56 valence electrons. The van der Waals surface area contributed by atoms with E-state index in [2.05, 4.69) is 11.7 Å². The molecule has 0 heterocycles. The number of unbranched alkanes of at least 4 members (excludes halogenated alkanes) is 1. The molecule has 0 saturated heterocycles. The fourth-order valence-electron chi connectivity index (χ4n) is 0.360. The summed E-state index contributed by atoms with van der Waals surface area (Å²) in [5, 5.41) is 0. The quantitative estimate of drug-likeness (QED) is 0.364. The number of ether oxygens (including phenoxy) is 1. The molecule has 0 saturated carbocycles. The smallest absolute Gasteiger partial charge is 0.302 e. The summed E-state index contributed by atoms with van der Waals surface area (Å²) >= 11 is 0. The van der Waals surface area contributed by atoms with E-state index in [1.807, 2.05) is 0 Å². The van der Waals surface area contributed by atoms with Crippen molar-refractivity contribution in [2.75, 3.05) is 6.61 Å². The van der Waals surface area contributed by atoms with Gasteiger partial charge in [-0.05, 0) is 6.42 Å². The van der Waals surface area contributed by atoms with Gasteiger partial charge >= 0.3 is 5.97 Å². The molecule has 3 heteroatoms. The molecule has 0 aliphatic heterocycles. The Balaban J connectivity index is 0. The van der Waals surface area contributed by atoms with Crippen LogP contribution in [-0.4, -0.2) is 12.6 Å². The van der Waals surface area contributed by atoms with E-state index in [-0.39, 0.29) is 23.0 Å². The first-order valence-electron chi connectivity index (χ1n) is 2.90. The minimum absolute atomic E-state index is 0. The Hall–Kier alpha value is -0.0105. The number of carbonyl (C=O) groups excluding carboxylic acids is 1. The maximum atomic E-state index is 10.1. The van der Waals surface area contributed by atoms with Gasteiger partial charge < -0.3 is 4.74 Å². The molecule has 0 aliphatic rings. The van der Waals surface area contributed by atoms with Crippen molar-refractivity contribution in [3.63, 3.8) is 0 Å². The van der Waals surface area contributed by atoms with Gasteiger partial charge in [0.05, 0.1) is 6.61 Å². The monoisotopic (exact) mass is 172 g/mol. The van der Waals surface area contributed by atoms with Crippen molar-refractivity contribution >= 4 is 5.97 Å². The Bertz CT molecular complexity index is 73.5. The summed E-state index contributed by atoms with van der Waals surface area (Å²) in [7, 11) is 0. The largest absolute Gasteiger partial charge is 0.466 e. The van der Waals surface area contributed by atoms with Gasteiger partial charge in [-0.2, -0.15) is 0 Å². The van der Waals surface area contributed by atoms with Crippen LogP contribution in [0.5, 0.6) is 0 Å². The third-order valence-corrected chi connectivity index (χ3v) is 0.803. The van der Waals surface area contributed by atoms with Crippen molar-refractivity contribution < 1.29 is 26.6 Å². The van der Waals surface area contributed by atoms with Gasteiger partial charge in [0, 0.05) is 24.0 Å². The molecule has 2 nitrogen and oxygen atoms in total. The van der Waals surface area contributed by atoms with E-state index in [0.29, 0.717) is 6.61 Å². The minimum Gasteiger partial charge on any atom is -0.466 e. The Kier molecular flexibility index (Phi) is 10.4. The van der Waals surface area contributed by atoms with Crippen LogP contribution in [0, 0.1) is 0 Å². The van der Waals surface area contributed by atoms with Crippen LogP contribution in [0.2, 0.25) is 0 Å². The van der Waals surface area contributed by atoms with Gasteiger partial charge in [0.1, 0.15) is 0 Å². The first-order valence-corrected chi connectivity index (χ1v) is 2.90. The SMILES string of the molecule is CCCCOC(C)=O.[Fe]. The molecule has 0 amide bonds. The molecule has 0 fully saturated rings. The topological polar surface area (TPSA) is 26.3 Å². The number of rotatable bonds is 3. The molecule has 0 atom stereocenters. The van der Waals surface area contributed by atoms with Gasteiger partial charge in [-0.25, -0.2) is 0 Å². The van der Waals surface area contributed by atoms with Gasteiger partial charge in [0.2, 0.25) is 0 Å². The normalized spacial score (nSPS) is 7.78. The molecule has 0 aromatic rings. The number of esters is 1. The van der Waals surface area contributed by atoms with Gasteiger partial charge in [-0.1, -0.05) is 13.3 Å². The van der Waals surface area contributed by atoms with Crippen molar-refractivity contribution in [1.29, 1.82) is 0 Å². The molecule has 0 unspecified atom stereocenters. The molecule has 0 radical (unpaired) electrons. The summed E-state index contributed by atoms with van der Waals surface area (Å²) in [6.07, 6.45) is 2.05. The van der Waals surface area contributed by atoms with Crippen molar-refractivity contribution in [1.82, 2.24) is 0 Å². The van der Waals surface area contributed by atoms with Gasteiger partial charge in [-0.3, -0.25) is 4.79 Å². The summed E-state index contributed by atoms with van der Waals surface area (Å²) in [5.41, 5.74) is 0. The molecule has 0 N–H and O–H groups in total. The first-order chi connectivity index (χ1) is 3.77. The fraction of sp³-hybridized carbons (Fsp3) is 0.833. The Morgan fingerprint density at radius 2 is 2.11 bits per heavy atom. The molecule has 0 rings (SSSR count). The van der Waals surface area contributed by atoms with Gasteiger partial charge in [0.25, 0.3) is 0 Å². The van der Waals surface area contributed by atoms with Crippen LogP contribution in [0.15, 0.2) is 0 Å². The zero-order valence-electron chi connectivity index (χ0n) is 5.79. The second kappa shape index (κ2) is 7.99. The third-order valence-electron chi connectivity index (χ3n) is 0.803. The Labute approximate surface area is 66.4 Å². The average molecular weight is 172 g/mol. The van der Waals surface area contributed by atoms with Crippen molar-refractivity contribution in [2.24, 2.45) is 0 Å². The minimum atomic E-state index is -0.182. The fourth-order valence-corrected chi connectivity index (χ4v) is 0.360. The van der Waals surface area contributed by atoms with E-state index >= 15 is 0 Å². The van der Waals surface area contributed by atoms with E-state index in [1.54, 1.807) is 0 Å². The molecule has 9 heavy (non-hydrogen) atoms. The van der Waals surface area contributed by atoms with Crippen molar-refractivity contribution in [3.8, 4) is 0 Å². The van der Waals surface area contributed by atoms with Crippen molar-refractivity contribution in [2.45, 2.75) is 26.7 Å². The van der Waals surface area contributed by atoms with Crippen LogP contribution < -0.4 is 0 Å². The predicted octanol–water partition coefficient (Wildman–Crippen LogP) is 1.35. The van der Waals surface area contributed by atoms with Crippen LogP contribution in [0.25, 0.3) is 0 Å². The second-order valence-electron chi connectivity index (χ2n) is 1.69. The molecule has 0 aromatic carbocycles. The van der Waals surface area contributed by atoms with E-state index in [1.165, 1.54) is 6.92 Å². The maximum Gasteiger partial charge on any atom is 0.302 e. The van der Waals surface area contributed by atoms with Gasteiger partial charge in [0.15, 0.2) is 0 Å². The zero-order valence-corrected chi connectivity index (χ0v) is 6.90. The second-order valence-corrected chi connectivity index (χ2v) is 1.69. The molecule has 0 aromatic heterocycles. The molecule has 0 spiro atoms. The summed E-state index contributed by atoms with van der Waals surface area (Å²) in [5.74, 6) is -0.182. The molecule has 0 aliphatic carbocycles. The number of hydrogen-bond acceptors (Lipinski definition) is 2. The van der Waals surface area contributed by atoms with Crippen LogP contribution in [0.4, 0.5) is 0 Å². The summed E-state index contributed by atoms with van der Waals surface area (Å²) in [6.45, 7) is 4.06. The van der Waals surface area contributed by atoms with Crippen molar-refractivity contribution in [3.05, 3.63) is 0 Å². The van der Waals surface area contributed by atoms with E-state index in [0.717, 1.165) is 12.8 Å². The summed E-state index contributed by atoms with van der Waals surface area (Å²) < 4.78 is 4.64. The average Bonchev–Trinajstić information content (AvgIpc) is 1.66. The molecule has 0 bridgehead atoms. The zero-order chi connectivity index (χ0) is 6.41. The summed E-state index contributed by atoms with van der Waals surface area (Å²) in [6, 6.07) is 0. The number of carbonyl (C=O) groups is 1. The van der Waals surface area contributed by atoms with Crippen LogP contribution in [0.1, 0.15) is 26.7 Å². The van der Waals surface area contributed by atoms with E-state index < -0.39 is 0 Å². The maximum absolute atomic E-state index is 10.1. The first kappa shape index (κ1) is 11.7. The molecular weight excluding hydrogens is 160 g/mol. The number of hydrogen-bond donors (Lipinski definition) is 0. The van der Waals surface area contributed by atoms with Crippen LogP contribution in [0.3, 0.4) is 0 Å². The van der Waals surface area contributed by atoms with Crippen LogP contribution >= 0.6 is 0 Å². The summed E-state index contributed by atoms with van der Waals surface area (Å²) in [4.78, 5) is 10.1. The third kappa shape index (κ3) is 11.5. The van der Waals surface area contributed by atoms with Crippen LogP contribution in [-0.2, 0) is 26.6 Å². The van der Waals surface area contributed by atoms with E-state index in [4.69, 9.17) is 0 Å². The van der Waals surface area contributed by atoms with Gasteiger partial charge in [-0.15, -0.1) is 0 Å². The predicted molar refractivity (Wildman–Crippen MR) is 31.5 cm³/mol. The van der Waals surface area contributed by atoms with E-state index in [9.17, 15) is 4.79 Å². The standard InChI is InChI=1S/C6H12O2.Fe/c1-3-4-5-8-6(2)7;/h3-5H2,1-2H3;. The Morgan fingerprint density at radius 3 is 2.44 bits per heavy atom. The Morgan fingerprint density at radius 1 is 1.56 bits per heavy atom. The molecular formula is C6H12FeO2.